The SMILES string of the molecule is O=C(O)N(CCc1ccccc1)c1ccccn1. The maximum absolute atomic E-state index is 11.2. The number of amides is 1. The van der Waals surface area contributed by atoms with Gasteiger partial charge in [0.15, 0.2) is 0 Å². The van der Waals surface area contributed by atoms with E-state index in [0.717, 1.165) is 5.56 Å². The van der Waals surface area contributed by atoms with Crippen LogP contribution in [-0.2, 0) is 6.42 Å². The van der Waals surface area contributed by atoms with Crippen LogP contribution < -0.4 is 4.90 Å². The standard InChI is InChI=1S/C14H14N2O2/c17-14(18)16(13-8-4-5-10-15-13)11-9-12-6-2-1-3-7-12/h1-8,10H,9,11H2,(H,17,18). The van der Waals surface area contributed by atoms with Gasteiger partial charge in [-0.2, -0.15) is 0 Å². The molecule has 1 aromatic heterocycles. The van der Waals surface area contributed by atoms with Crippen molar-refractivity contribution in [2.45, 2.75) is 6.42 Å². The molecule has 1 N–H and O–H groups in total. The summed E-state index contributed by atoms with van der Waals surface area (Å²) in [6.45, 7) is 0.399. The highest BCUT2D eigenvalue weighted by atomic mass is 16.4. The Bertz CT molecular complexity index is 500. The summed E-state index contributed by atoms with van der Waals surface area (Å²) in [6, 6.07) is 15.0. The van der Waals surface area contributed by atoms with Crippen molar-refractivity contribution in [1.82, 2.24) is 4.98 Å². The van der Waals surface area contributed by atoms with Crippen molar-refractivity contribution in [3.63, 3.8) is 0 Å². The predicted molar refractivity (Wildman–Crippen MR) is 69.8 cm³/mol. The molecule has 0 radical (unpaired) electrons. The number of pyridine rings is 1. The van der Waals surface area contributed by atoms with Crippen LogP contribution in [0.4, 0.5) is 10.6 Å². The Hall–Kier alpha value is -2.36. The van der Waals surface area contributed by atoms with E-state index >= 15 is 0 Å². The van der Waals surface area contributed by atoms with Crippen LogP contribution in [0.5, 0.6) is 0 Å². The molecule has 1 heterocycles. The number of aromatic nitrogens is 1. The van der Waals surface area contributed by atoms with Gasteiger partial charge in [0, 0.05) is 12.7 Å². The van der Waals surface area contributed by atoms with Crippen LogP contribution in [0.1, 0.15) is 5.56 Å². The van der Waals surface area contributed by atoms with Crippen LogP contribution in [0.25, 0.3) is 0 Å². The van der Waals surface area contributed by atoms with Gasteiger partial charge >= 0.3 is 6.09 Å². The highest BCUT2D eigenvalue weighted by molar-refractivity contribution is 5.84. The van der Waals surface area contributed by atoms with Gasteiger partial charge in [-0.1, -0.05) is 36.4 Å². The zero-order valence-corrected chi connectivity index (χ0v) is 9.86. The monoisotopic (exact) mass is 242 g/mol. The van der Waals surface area contributed by atoms with E-state index in [1.807, 2.05) is 30.3 Å². The lowest BCUT2D eigenvalue weighted by atomic mass is 10.1. The van der Waals surface area contributed by atoms with E-state index in [2.05, 4.69) is 4.98 Å². The van der Waals surface area contributed by atoms with Crippen molar-refractivity contribution in [3.05, 3.63) is 60.3 Å². The fourth-order valence-corrected chi connectivity index (χ4v) is 1.71. The predicted octanol–water partition coefficient (Wildman–Crippen LogP) is 2.81. The topological polar surface area (TPSA) is 53.4 Å². The smallest absolute Gasteiger partial charge is 0.413 e. The van der Waals surface area contributed by atoms with E-state index < -0.39 is 6.09 Å². The minimum absolute atomic E-state index is 0.399. The number of benzene rings is 1. The Morgan fingerprint density at radius 3 is 2.44 bits per heavy atom. The van der Waals surface area contributed by atoms with Gasteiger partial charge in [0.2, 0.25) is 0 Å². The van der Waals surface area contributed by atoms with Crippen molar-refractivity contribution in [3.8, 4) is 0 Å². The van der Waals surface area contributed by atoms with Crippen LogP contribution in [-0.4, -0.2) is 22.7 Å². The molecule has 0 saturated carbocycles. The number of hydrogen-bond donors (Lipinski definition) is 1. The maximum Gasteiger partial charge on any atom is 0.413 e. The highest BCUT2D eigenvalue weighted by Gasteiger charge is 2.14. The second kappa shape index (κ2) is 5.82. The Morgan fingerprint density at radius 1 is 1.11 bits per heavy atom. The van der Waals surface area contributed by atoms with E-state index in [1.165, 1.54) is 4.90 Å². The van der Waals surface area contributed by atoms with Gasteiger partial charge in [-0.15, -0.1) is 0 Å². The largest absolute Gasteiger partial charge is 0.465 e. The average Bonchev–Trinajstić information content (AvgIpc) is 2.41. The molecule has 4 nitrogen and oxygen atoms in total. The van der Waals surface area contributed by atoms with Crippen molar-refractivity contribution in [1.29, 1.82) is 0 Å². The number of carbonyl (C=O) groups is 1. The van der Waals surface area contributed by atoms with Crippen molar-refractivity contribution < 1.29 is 9.90 Å². The molecule has 0 unspecified atom stereocenters. The first-order chi connectivity index (χ1) is 8.77. The molecule has 1 aromatic carbocycles. The van der Waals surface area contributed by atoms with Crippen molar-refractivity contribution in [2.75, 3.05) is 11.4 Å². The third-order valence-electron chi connectivity index (χ3n) is 2.62. The first-order valence-corrected chi connectivity index (χ1v) is 5.73. The van der Waals surface area contributed by atoms with Crippen molar-refractivity contribution in [2.24, 2.45) is 0 Å². The van der Waals surface area contributed by atoms with E-state index in [4.69, 9.17) is 0 Å². The average molecular weight is 242 g/mol. The highest BCUT2D eigenvalue weighted by Crippen LogP contribution is 2.11. The molecule has 0 aliphatic rings. The summed E-state index contributed by atoms with van der Waals surface area (Å²) in [5, 5.41) is 9.19. The third kappa shape index (κ3) is 3.07. The van der Waals surface area contributed by atoms with Crippen LogP contribution in [0.3, 0.4) is 0 Å². The molecular weight excluding hydrogens is 228 g/mol. The molecule has 0 atom stereocenters. The van der Waals surface area contributed by atoms with Gasteiger partial charge in [0.1, 0.15) is 5.82 Å². The zero-order valence-electron chi connectivity index (χ0n) is 9.86. The summed E-state index contributed by atoms with van der Waals surface area (Å²) in [7, 11) is 0. The summed E-state index contributed by atoms with van der Waals surface area (Å²) in [6.07, 6.45) is 1.28. The summed E-state index contributed by atoms with van der Waals surface area (Å²) in [5.74, 6) is 0.459. The number of carboxylic acid groups (broad SMARTS) is 1. The van der Waals surface area contributed by atoms with Crippen molar-refractivity contribution >= 4 is 11.9 Å². The molecule has 0 bridgehead atoms. The molecule has 4 heteroatoms. The van der Waals surface area contributed by atoms with E-state index in [9.17, 15) is 9.90 Å². The molecule has 0 saturated heterocycles. The molecule has 2 rings (SSSR count). The lowest BCUT2D eigenvalue weighted by Gasteiger charge is -2.17. The van der Waals surface area contributed by atoms with Gasteiger partial charge < -0.3 is 5.11 Å². The Balaban J connectivity index is 2.06. The summed E-state index contributed by atoms with van der Waals surface area (Å²) < 4.78 is 0. The molecule has 0 spiro atoms. The zero-order chi connectivity index (χ0) is 12.8. The molecule has 0 aliphatic heterocycles. The molecule has 92 valence electrons. The third-order valence-corrected chi connectivity index (χ3v) is 2.62. The van der Waals surface area contributed by atoms with Gasteiger partial charge in [0.05, 0.1) is 0 Å². The van der Waals surface area contributed by atoms with E-state index in [0.29, 0.717) is 18.8 Å². The Labute approximate surface area is 106 Å². The number of hydrogen-bond acceptors (Lipinski definition) is 2. The van der Waals surface area contributed by atoms with E-state index in [1.54, 1.807) is 24.4 Å². The Kier molecular flexibility index (Phi) is 3.91. The maximum atomic E-state index is 11.2. The normalized spacial score (nSPS) is 10.0. The summed E-state index contributed by atoms with van der Waals surface area (Å²) in [5.41, 5.74) is 1.11. The van der Waals surface area contributed by atoms with Crippen LogP contribution >= 0.6 is 0 Å². The second-order valence-corrected chi connectivity index (χ2v) is 3.86. The van der Waals surface area contributed by atoms with E-state index in [-0.39, 0.29) is 0 Å². The summed E-state index contributed by atoms with van der Waals surface area (Å²) >= 11 is 0. The number of anilines is 1. The molecule has 1 amide bonds. The molecule has 0 aliphatic carbocycles. The minimum Gasteiger partial charge on any atom is -0.465 e. The molecule has 0 fully saturated rings. The molecule has 18 heavy (non-hydrogen) atoms. The van der Waals surface area contributed by atoms with Crippen LogP contribution in [0.2, 0.25) is 0 Å². The second-order valence-electron chi connectivity index (χ2n) is 3.86. The molecular formula is C14H14N2O2. The quantitative estimate of drug-likeness (QED) is 0.896. The Morgan fingerprint density at radius 2 is 1.83 bits per heavy atom. The van der Waals surface area contributed by atoms with Gasteiger partial charge in [-0.3, -0.25) is 4.90 Å². The first kappa shape index (κ1) is 12.1. The van der Waals surface area contributed by atoms with Gasteiger partial charge in [-0.25, -0.2) is 9.78 Å². The minimum atomic E-state index is -0.982. The summed E-state index contributed by atoms with van der Waals surface area (Å²) in [4.78, 5) is 16.5. The number of nitrogens with zero attached hydrogens (tertiary/aromatic N) is 2. The fraction of sp³-hybridized carbons (Fsp3) is 0.143. The first-order valence-electron chi connectivity index (χ1n) is 5.73. The lowest BCUT2D eigenvalue weighted by Crippen LogP contribution is -2.32. The lowest BCUT2D eigenvalue weighted by molar-refractivity contribution is 0.201. The number of rotatable bonds is 4. The van der Waals surface area contributed by atoms with Gasteiger partial charge in [-0.05, 0) is 24.1 Å². The van der Waals surface area contributed by atoms with Crippen LogP contribution in [0, 0.1) is 0 Å². The van der Waals surface area contributed by atoms with Crippen LogP contribution in [0.15, 0.2) is 54.7 Å². The van der Waals surface area contributed by atoms with Gasteiger partial charge in [0.25, 0.3) is 0 Å². The molecule has 2 aromatic rings. The fourth-order valence-electron chi connectivity index (χ4n) is 1.71.